The molecule has 0 amide bonds. The molecule has 0 radical (unpaired) electrons. The minimum absolute atomic E-state index is 0.260. The lowest BCUT2D eigenvalue weighted by Crippen LogP contribution is -2.33. The number of hydrogen-bond donors (Lipinski definition) is 2. The van der Waals surface area contributed by atoms with Crippen LogP contribution in [0.3, 0.4) is 0 Å². The first-order valence-electron chi connectivity index (χ1n) is 6.98. The van der Waals surface area contributed by atoms with E-state index in [1.54, 1.807) is 6.33 Å². The van der Waals surface area contributed by atoms with Crippen LogP contribution in [0.5, 0.6) is 0 Å². The van der Waals surface area contributed by atoms with Gasteiger partial charge in [0.1, 0.15) is 12.1 Å². The third-order valence-electron chi connectivity index (χ3n) is 4.04. The Balaban J connectivity index is 1.82. The Kier molecular flexibility index (Phi) is 3.44. The SMILES string of the molecule is CC1(CNc2ncnc3ccc(N)cc23)CCOCC1. The van der Waals surface area contributed by atoms with Crippen molar-refractivity contribution >= 4 is 22.4 Å². The van der Waals surface area contributed by atoms with Crippen molar-refractivity contribution in [3.63, 3.8) is 0 Å². The number of nitrogens with two attached hydrogens (primary N) is 1. The van der Waals surface area contributed by atoms with Crippen LogP contribution < -0.4 is 11.1 Å². The van der Waals surface area contributed by atoms with E-state index >= 15 is 0 Å². The van der Waals surface area contributed by atoms with Gasteiger partial charge in [-0.05, 0) is 36.5 Å². The quantitative estimate of drug-likeness (QED) is 0.840. The van der Waals surface area contributed by atoms with Crippen LogP contribution in [0.1, 0.15) is 19.8 Å². The Morgan fingerprint density at radius 2 is 2.10 bits per heavy atom. The van der Waals surface area contributed by atoms with Gasteiger partial charge >= 0.3 is 0 Å². The molecule has 0 bridgehead atoms. The van der Waals surface area contributed by atoms with E-state index in [-0.39, 0.29) is 5.41 Å². The average molecular weight is 272 g/mol. The molecular formula is C15H20N4O. The van der Waals surface area contributed by atoms with Crippen LogP contribution in [0.15, 0.2) is 24.5 Å². The van der Waals surface area contributed by atoms with E-state index in [4.69, 9.17) is 10.5 Å². The normalized spacial score (nSPS) is 18.1. The summed E-state index contributed by atoms with van der Waals surface area (Å²) in [5.41, 5.74) is 7.76. The van der Waals surface area contributed by atoms with Crippen LogP contribution in [0, 0.1) is 5.41 Å². The molecule has 0 spiro atoms. The van der Waals surface area contributed by atoms with Crippen LogP contribution in [-0.2, 0) is 4.74 Å². The van der Waals surface area contributed by atoms with Crippen molar-refractivity contribution in [2.75, 3.05) is 30.8 Å². The van der Waals surface area contributed by atoms with Crippen molar-refractivity contribution in [3.05, 3.63) is 24.5 Å². The summed E-state index contributed by atoms with van der Waals surface area (Å²) in [4.78, 5) is 8.62. The maximum Gasteiger partial charge on any atom is 0.137 e. The minimum atomic E-state index is 0.260. The molecule has 20 heavy (non-hydrogen) atoms. The van der Waals surface area contributed by atoms with Gasteiger partial charge < -0.3 is 15.8 Å². The Bertz CT molecular complexity index is 608. The monoisotopic (exact) mass is 272 g/mol. The Morgan fingerprint density at radius 3 is 2.90 bits per heavy atom. The molecule has 0 atom stereocenters. The smallest absolute Gasteiger partial charge is 0.137 e. The number of benzene rings is 1. The van der Waals surface area contributed by atoms with Gasteiger partial charge in [0, 0.05) is 30.8 Å². The number of nitrogen functional groups attached to an aromatic ring is 1. The van der Waals surface area contributed by atoms with Gasteiger partial charge in [0.25, 0.3) is 0 Å². The molecule has 1 fully saturated rings. The van der Waals surface area contributed by atoms with Crippen LogP contribution >= 0.6 is 0 Å². The first-order valence-corrected chi connectivity index (χ1v) is 6.98. The van der Waals surface area contributed by atoms with E-state index in [9.17, 15) is 0 Å². The fraction of sp³-hybridized carbons (Fsp3) is 0.467. The summed E-state index contributed by atoms with van der Waals surface area (Å²) in [6, 6.07) is 5.70. The summed E-state index contributed by atoms with van der Waals surface area (Å²) in [5, 5.41) is 4.44. The van der Waals surface area contributed by atoms with Gasteiger partial charge in [-0.15, -0.1) is 0 Å². The predicted molar refractivity (Wildman–Crippen MR) is 80.6 cm³/mol. The lowest BCUT2D eigenvalue weighted by molar-refractivity contribution is 0.0300. The summed E-state index contributed by atoms with van der Waals surface area (Å²) in [6.07, 6.45) is 3.74. The van der Waals surface area contributed by atoms with Gasteiger partial charge in [-0.3, -0.25) is 0 Å². The van der Waals surface area contributed by atoms with Crippen molar-refractivity contribution in [1.29, 1.82) is 0 Å². The zero-order valence-electron chi connectivity index (χ0n) is 11.7. The van der Waals surface area contributed by atoms with E-state index in [2.05, 4.69) is 22.2 Å². The third kappa shape index (κ3) is 2.67. The van der Waals surface area contributed by atoms with Gasteiger partial charge in [-0.25, -0.2) is 9.97 Å². The van der Waals surface area contributed by atoms with Crippen LogP contribution in [0.25, 0.3) is 10.9 Å². The highest BCUT2D eigenvalue weighted by atomic mass is 16.5. The molecule has 106 valence electrons. The van der Waals surface area contributed by atoms with Gasteiger partial charge in [-0.2, -0.15) is 0 Å². The van der Waals surface area contributed by atoms with Crippen LogP contribution in [0.4, 0.5) is 11.5 Å². The molecule has 1 aliphatic heterocycles. The molecule has 3 N–H and O–H groups in total. The number of ether oxygens (including phenoxy) is 1. The lowest BCUT2D eigenvalue weighted by atomic mass is 9.82. The second-order valence-electron chi connectivity index (χ2n) is 5.78. The van der Waals surface area contributed by atoms with Crippen LogP contribution in [0.2, 0.25) is 0 Å². The van der Waals surface area contributed by atoms with Gasteiger partial charge in [0.2, 0.25) is 0 Å². The molecule has 1 saturated heterocycles. The van der Waals surface area contributed by atoms with Crippen molar-refractivity contribution in [2.45, 2.75) is 19.8 Å². The van der Waals surface area contributed by atoms with Crippen molar-refractivity contribution in [2.24, 2.45) is 5.41 Å². The van der Waals surface area contributed by atoms with Crippen molar-refractivity contribution in [1.82, 2.24) is 9.97 Å². The maximum absolute atomic E-state index is 5.86. The van der Waals surface area contributed by atoms with Crippen molar-refractivity contribution in [3.8, 4) is 0 Å². The second-order valence-corrected chi connectivity index (χ2v) is 5.78. The van der Waals surface area contributed by atoms with Gasteiger partial charge in [0.05, 0.1) is 5.52 Å². The molecule has 5 heteroatoms. The number of anilines is 2. The molecule has 0 saturated carbocycles. The number of fused-ring (bicyclic) bond motifs is 1. The van der Waals surface area contributed by atoms with E-state index < -0.39 is 0 Å². The molecule has 5 nitrogen and oxygen atoms in total. The molecular weight excluding hydrogens is 252 g/mol. The Labute approximate surface area is 118 Å². The molecule has 1 aromatic carbocycles. The first kappa shape index (κ1) is 13.1. The van der Waals surface area contributed by atoms with E-state index in [1.807, 2.05) is 18.2 Å². The number of aromatic nitrogens is 2. The number of hydrogen-bond acceptors (Lipinski definition) is 5. The highest BCUT2D eigenvalue weighted by molar-refractivity contribution is 5.91. The lowest BCUT2D eigenvalue weighted by Gasteiger charge is -2.33. The summed E-state index contributed by atoms with van der Waals surface area (Å²) in [5.74, 6) is 0.856. The van der Waals surface area contributed by atoms with Gasteiger partial charge in [-0.1, -0.05) is 6.92 Å². The highest BCUT2D eigenvalue weighted by Gasteiger charge is 2.27. The Hall–Kier alpha value is -1.88. The molecule has 2 heterocycles. The molecule has 2 aromatic rings. The molecule has 1 aliphatic rings. The minimum Gasteiger partial charge on any atom is -0.399 e. The summed E-state index contributed by atoms with van der Waals surface area (Å²) < 4.78 is 5.43. The molecule has 0 aliphatic carbocycles. The standard InChI is InChI=1S/C15H20N4O/c1-15(4-6-20-7-5-15)9-17-14-12-8-11(16)2-3-13(12)18-10-19-14/h2-3,8,10H,4-7,9,16H2,1H3,(H,17,18,19). The first-order chi connectivity index (χ1) is 9.66. The molecule has 1 aromatic heterocycles. The number of nitrogens with zero attached hydrogens (tertiary/aromatic N) is 2. The van der Waals surface area contributed by atoms with Gasteiger partial charge in [0.15, 0.2) is 0 Å². The molecule has 0 unspecified atom stereocenters. The predicted octanol–water partition coefficient (Wildman–Crippen LogP) is 2.44. The Morgan fingerprint density at radius 1 is 1.30 bits per heavy atom. The van der Waals surface area contributed by atoms with Crippen LogP contribution in [-0.4, -0.2) is 29.7 Å². The highest BCUT2D eigenvalue weighted by Crippen LogP contribution is 2.30. The largest absolute Gasteiger partial charge is 0.399 e. The summed E-state index contributed by atoms with van der Waals surface area (Å²) in [7, 11) is 0. The van der Waals surface area contributed by atoms with E-state index in [0.29, 0.717) is 0 Å². The van der Waals surface area contributed by atoms with E-state index in [0.717, 1.165) is 55.0 Å². The zero-order valence-corrected chi connectivity index (χ0v) is 11.7. The van der Waals surface area contributed by atoms with Crippen molar-refractivity contribution < 1.29 is 4.74 Å². The second kappa shape index (κ2) is 5.25. The number of rotatable bonds is 3. The molecule has 3 rings (SSSR count). The summed E-state index contributed by atoms with van der Waals surface area (Å²) in [6.45, 7) is 4.86. The zero-order chi connectivity index (χ0) is 14.0. The maximum atomic E-state index is 5.86. The fourth-order valence-corrected chi connectivity index (χ4v) is 2.55. The summed E-state index contributed by atoms with van der Waals surface area (Å²) >= 11 is 0. The fourth-order valence-electron chi connectivity index (χ4n) is 2.55. The number of nitrogens with one attached hydrogen (secondary N) is 1. The van der Waals surface area contributed by atoms with E-state index in [1.165, 1.54) is 0 Å². The third-order valence-corrected chi connectivity index (χ3v) is 4.04. The topological polar surface area (TPSA) is 73.1 Å². The average Bonchev–Trinajstić information content (AvgIpc) is 2.46.